The van der Waals surface area contributed by atoms with Gasteiger partial charge in [0.05, 0.1) is 20.8 Å². The number of carbonyl (C=O) groups is 1. The van der Waals surface area contributed by atoms with Crippen molar-refractivity contribution < 1.29 is 23.7 Å². The predicted octanol–water partition coefficient (Wildman–Crippen LogP) is 2.02. The number of nitriles is 1. The Labute approximate surface area is 134 Å². The average molecular weight is 318 g/mol. The van der Waals surface area contributed by atoms with Crippen molar-refractivity contribution in [1.82, 2.24) is 0 Å². The number of methoxy groups -OCH3 is 2. The lowest BCUT2D eigenvalue weighted by Gasteiger charge is -2.24. The van der Waals surface area contributed by atoms with Crippen LogP contribution in [0.2, 0.25) is 0 Å². The smallest absolute Gasteiger partial charge is 0.368 e. The van der Waals surface area contributed by atoms with E-state index in [0.29, 0.717) is 17.1 Å². The van der Waals surface area contributed by atoms with Gasteiger partial charge in [-0.1, -0.05) is 0 Å². The Bertz CT molecular complexity index is 657. The molecule has 122 valence electrons. The molecule has 1 aliphatic rings. The van der Waals surface area contributed by atoms with Gasteiger partial charge in [0.2, 0.25) is 0 Å². The van der Waals surface area contributed by atoms with Crippen LogP contribution in [0.3, 0.4) is 0 Å². The van der Waals surface area contributed by atoms with Crippen LogP contribution in [0.4, 0.5) is 0 Å². The largest absolute Gasteiger partial charge is 0.497 e. The molecule has 0 radical (unpaired) electrons. The monoisotopic (exact) mass is 318 g/mol. The molecule has 0 saturated heterocycles. The average Bonchev–Trinajstić information content (AvgIpc) is 2.92. The van der Waals surface area contributed by atoms with Crippen LogP contribution in [0, 0.1) is 11.3 Å². The maximum absolute atomic E-state index is 12.3. The molecule has 1 heterocycles. The van der Waals surface area contributed by atoms with E-state index in [1.807, 2.05) is 6.07 Å². The number of hydrogen-bond acceptors (Lipinski definition) is 7. The highest BCUT2D eigenvalue weighted by atomic mass is 16.6. The van der Waals surface area contributed by atoms with Crippen molar-refractivity contribution in [3.05, 3.63) is 23.8 Å². The minimum Gasteiger partial charge on any atom is -0.497 e. The summed E-state index contributed by atoms with van der Waals surface area (Å²) in [6.07, 6.45) is 0. The second kappa shape index (κ2) is 6.57. The van der Waals surface area contributed by atoms with E-state index in [-0.39, 0.29) is 12.5 Å². The van der Waals surface area contributed by atoms with Gasteiger partial charge in [-0.3, -0.25) is 0 Å². The van der Waals surface area contributed by atoms with Crippen molar-refractivity contribution in [2.75, 3.05) is 20.8 Å². The summed E-state index contributed by atoms with van der Waals surface area (Å²) in [5.74, 6) is 0.519. The molecular weight excluding hydrogens is 300 g/mol. The molecule has 0 saturated carbocycles. The topological polar surface area (TPSA) is 90.1 Å². The van der Waals surface area contributed by atoms with Crippen LogP contribution in [0.5, 0.6) is 11.5 Å². The Morgan fingerprint density at radius 2 is 1.96 bits per heavy atom. The molecule has 23 heavy (non-hydrogen) atoms. The van der Waals surface area contributed by atoms with Gasteiger partial charge in [0.15, 0.2) is 5.90 Å². The molecule has 7 nitrogen and oxygen atoms in total. The standard InChI is InChI=1S/C16H18N2O5/c1-5-22-15(19)16(9-17)14(18-10(2)23-16)11-6-12(20-3)8-13(7-11)21-4/h6-8,14H,5H2,1-4H3. The second-order valence-electron chi connectivity index (χ2n) is 4.87. The SMILES string of the molecule is CCOC(=O)C1(C#N)OC(C)=NC1c1cc(OC)cc(OC)c1. The van der Waals surface area contributed by atoms with Gasteiger partial charge in [-0.2, -0.15) is 5.26 Å². The molecule has 1 aromatic carbocycles. The molecule has 0 N–H and O–H groups in total. The van der Waals surface area contributed by atoms with Crippen LogP contribution in [0.1, 0.15) is 25.5 Å². The van der Waals surface area contributed by atoms with Crippen LogP contribution in [-0.4, -0.2) is 38.3 Å². The normalized spacial score (nSPS) is 22.6. The first-order valence-corrected chi connectivity index (χ1v) is 7.05. The number of rotatable bonds is 5. The van der Waals surface area contributed by atoms with Crippen molar-refractivity contribution in [3.63, 3.8) is 0 Å². The van der Waals surface area contributed by atoms with Crippen molar-refractivity contribution in [3.8, 4) is 17.6 Å². The maximum Gasteiger partial charge on any atom is 0.368 e. The number of benzene rings is 1. The minimum atomic E-state index is -1.85. The van der Waals surface area contributed by atoms with Gasteiger partial charge >= 0.3 is 11.6 Å². The fourth-order valence-electron chi connectivity index (χ4n) is 2.41. The maximum atomic E-state index is 12.3. The van der Waals surface area contributed by atoms with Crippen LogP contribution in [0.25, 0.3) is 0 Å². The Morgan fingerprint density at radius 1 is 1.35 bits per heavy atom. The van der Waals surface area contributed by atoms with Gasteiger partial charge in [-0.15, -0.1) is 0 Å². The third kappa shape index (κ3) is 2.93. The summed E-state index contributed by atoms with van der Waals surface area (Å²) in [7, 11) is 3.03. The molecule has 1 aliphatic heterocycles. The quantitative estimate of drug-likeness (QED) is 0.771. The van der Waals surface area contributed by atoms with E-state index in [0.717, 1.165) is 0 Å². The molecule has 2 atom stereocenters. The van der Waals surface area contributed by atoms with E-state index in [4.69, 9.17) is 18.9 Å². The van der Waals surface area contributed by atoms with Gasteiger partial charge in [-0.25, -0.2) is 9.79 Å². The number of ether oxygens (including phenoxy) is 4. The Morgan fingerprint density at radius 3 is 2.43 bits per heavy atom. The highest BCUT2D eigenvalue weighted by Gasteiger charge is 2.55. The lowest BCUT2D eigenvalue weighted by atomic mass is 9.90. The van der Waals surface area contributed by atoms with E-state index in [2.05, 4.69) is 4.99 Å². The minimum absolute atomic E-state index is 0.138. The van der Waals surface area contributed by atoms with Crippen molar-refractivity contribution in [2.45, 2.75) is 25.5 Å². The Balaban J connectivity index is 2.54. The fraction of sp³-hybridized carbons (Fsp3) is 0.438. The van der Waals surface area contributed by atoms with Crippen molar-refractivity contribution in [1.29, 1.82) is 5.26 Å². The van der Waals surface area contributed by atoms with Crippen LogP contribution >= 0.6 is 0 Å². The van der Waals surface area contributed by atoms with E-state index in [9.17, 15) is 10.1 Å². The van der Waals surface area contributed by atoms with Gasteiger partial charge in [0.25, 0.3) is 0 Å². The Hall–Kier alpha value is -2.75. The van der Waals surface area contributed by atoms with E-state index in [1.165, 1.54) is 14.2 Å². The number of esters is 1. The Kier molecular flexibility index (Phi) is 4.74. The summed E-state index contributed by atoms with van der Waals surface area (Å²) in [5.41, 5.74) is -1.29. The van der Waals surface area contributed by atoms with E-state index >= 15 is 0 Å². The number of hydrogen-bond donors (Lipinski definition) is 0. The van der Waals surface area contributed by atoms with Gasteiger partial charge < -0.3 is 18.9 Å². The van der Waals surface area contributed by atoms with Crippen LogP contribution in [0.15, 0.2) is 23.2 Å². The summed E-state index contributed by atoms with van der Waals surface area (Å²) in [4.78, 5) is 16.6. The van der Waals surface area contributed by atoms with Gasteiger partial charge in [-0.05, 0) is 24.6 Å². The number of carbonyl (C=O) groups excluding carboxylic acids is 1. The molecule has 0 aliphatic carbocycles. The molecule has 0 amide bonds. The lowest BCUT2D eigenvalue weighted by molar-refractivity contribution is -0.158. The zero-order valence-corrected chi connectivity index (χ0v) is 13.5. The molecule has 2 unspecified atom stereocenters. The van der Waals surface area contributed by atoms with Gasteiger partial charge in [0, 0.05) is 13.0 Å². The zero-order valence-electron chi connectivity index (χ0n) is 13.5. The molecule has 7 heteroatoms. The molecule has 0 aromatic heterocycles. The molecule has 0 spiro atoms. The highest BCUT2D eigenvalue weighted by Crippen LogP contribution is 2.41. The summed E-state index contributed by atoms with van der Waals surface area (Å²) in [6, 6.07) is 6.12. The lowest BCUT2D eigenvalue weighted by Crippen LogP contribution is -2.44. The first-order valence-electron chi connectivity index (χ1n) is 7.05. The highest BCUT2D eigenvalue weighted by molar-refractivity contribution is 5.91. The molecule has 0 bridgehead atoms. The number of aliphatic imine (C=N–C) groups is 1. The first kappa shape index (κ1) is 16.6. The van der Waals surface area contributed by atoms with E-state index < -0.39 is 17.6 Å². The molecule has 1 aromatic rings. The van der Waals surface area contributed by atoms with Gasteiger partial charge in [0.1, 0.15) is 23.6 Å². The molecule has 2 rings (SSSR count). The summed E-state index contributed by atoms with van der Waals surface area (Å²) >= 11 is 0. The first-order chi connectivity index (χ1) is 11.0. The van der Waals surface area contributed by atoms with E-state index in [1.54, 1.807) is 32.0 Å². The molecular formula is C16H18N2O5. The summed E-state index contributed by atoms with van der Waals surface area (Å²) in [5, 5.41) is 9.60. The fourth-order valence-corrected chi connectivity index (χ4v) is 2.41. The second-order valence-corrected chi connectivity index (χ2v) is 4.87. The summed E-state index contributed by atoms with van der Waals surface area (Å²) < 4.78 is 20.9. The van der Waals surface area contributed by atoms with Crippen molar-refractivity contribution in [2.24, 2.45) is 4.99 Å². The van der Waals surface area contributed by atoms with Crippen molar-refractivity contribution >= 4 is 11.9 Å². The third-order valence-electron chi connectivity index (χ3n) is 3.44. The predicted molar refractivity (Wildman–Crippen MR) is 81.5 cm³/mol. The zero-order chi connectivity index (χ0) is 17.0. The third-order valence-corrected chi connectivity index (χ3v) is 3.44. The summed E-state index contributed by atoms with van der Waals surface area (Å²) in [6.45, 7) is 3.39. The molecule has 0 fully saturated rings. The number of nitrogens with zero attached hydrogens (tertiary/aromatic N) is 2. The van der Waals surface area contributed by atoms with Crippen LogP contribution in [-0.2, 0) is 14.3 Å². The van der Waals surface area contributed by atoms with Crippen LogP contribution < -0.4 is 9.47 Å².